The van der Waals surface area contributed by atoms with Crippen molar-refractivity contribution in [2.45, 2.75) is 0 Å². The molecule has 1 amide bonds. The third-order valence-corrected chi connectivity index (χ3v) is 5.71. The van der Waals surface area contributed by atoms with Crippen molar-refractivity contribution < 1.29 is 13.9 Å². The molecular formula is C21H20FN3O2S. The summed E-state index contributed by atoms with van der Waals surface area (Å²) < 4.78 is 19.1. The number of carbonyl (C=O) groups excluding carboxylic acids is 1. The zero-order chi connectivity index (χ0) is 19.5. The smallest absolute Gasteiger partial charge is 0.273 e. The summed E-state index contributed by atoms with van der Waals surface area (Å²) in [5.74, 6) is 0.472. The van der Waals surface area contributed by atoms with Crippen molar-refractivity contribution in [3.05, 3.63) is 65.4 Å². The lowest BCUT2D eigenvalue weighted by Crippen LogP contribution is -2.49. The van der Waals surface area contributed by atoms with Gasteiger partial charge in [-0.1, -0.05) is 12.1 Å². The van der Waals surface area contributed by atoms with Gasteiger partial charge in [0.2, 0.25) is 0 Å². The minimum Gasteiger partial charge on any atom is -0.497 e. The van der Waals surface area contributed by atoms with Crippen molar-refractivity contribution in [2.24, 2.45) is 0 Å². The Bertz CT molecular complexity index is 966. The van der Waals surface area contributed by atoms with Gasteiger partial charge in [-0.3, -0.25) is 4.79 Å². The molecule has 1 aromatic heterocycles. The number of rotatable bonds is 4. The van der Waals surface area contributed by atoms with Crippen molar-refractivity contribution >= 4 is 22.9 Å². The Labute approximate surface area is 167 Å². The van der Waals surface area contributed by atoms with Gasteiger partial charge in [0.05, 0.1) is 12.8 Å². The molecule has 2 heterocycles. The summed E-state index contributed by atoms with van der Waals surface area (Å²) in [6.07, 6.45) is 0. The van der Waals surface area contributed by atoms with Crippen molar-refractivity contribution in [1.29, 1.82) is 0 Å². The Hall–Kier alpha value is -2.93. The molecule has 0 N–H and O–H groups in total. The fraction of sp³-hybridized carbons (Fsp3) is 0.238. The van der Waals surface area contributed by atoms with Crippen LogP contribution in [0.15, 0.2) is 53.9 Å². The molecule has 3 aromatic rings. The fourth-order valence-electron chi connectivity index (χ4n) is 3.26. The van der Waals surface area contributed by atoms with Crippen molar-refractivity contribution in [2.75, 3.05) is 38.2 Å². The monoisotopic (exact) mass is 397 g/mol. The first-order chi connectivity index (χ1) is 13.7. The van der Waals surface area contributed by atoms with Crippen LogP contribution in [0.4, 0.5) is 10.1 Å². The highest BCUT2D eigenvalue weighted by Crippen LogP contribution is 2.27. The van der Waals surface area contributed by atoms with E-state index in [2.05, 4.69) is 4.98 Å². The first kappa shape index (κ1) is 18.4. The van der Waals surface area contributed by atoms with Crippen LogP contribution in [-0.4, -0.2) is 49.1 Å². The molecule has 5 nitrogen and oxygen atoms in total. The van der Waals surface area contributed by atoms with Crippen LogP contribution in [0.25, 0.3) is 10.6 Å². The Morgan fingerprint density at radius 3 is 2.46 bits per heavy atom. The molecular weight excluding hydrogens is 377 g/mol. The highest BCUT2D eigenvalue weighted by atomic mass is 32.1. The van der Waals surface area contributed by atoms with Crippen LogP contribution in [-0.2, 0) is 0 Å². The third-order valence-electron chi connectivity index (χ3n) is 4.82. The molecule has 0 spiro atoms. The standard InChI is InChI=1S/C21H20FN3O2S/c1-27-16-8-6-15(7-9-16)20-23-18(14-28-20)21(26)25-12-10-24(11-13-25)19-5-3-2-4-17(19)22/h2-9,14H,10-13H2,1H3. The molecule has 0 saturated carbocycles. The number of thiazole rings is 1. The van der Waals surface area contributed by atoms with E-state index in [1.807, 2.05) is 35.2 Å². The van der Waals surface area contributed by atoms with E-state index < -0.39 is 0 Å². The minimum atomic E-state index is -0.231. The van der Waals surface area contributed by atoms with Gasteiger partial charge in [-0.05, 0) is 36.4 Å². The van der Waals surface area contributed by atoms with Crippen LogP contribution in [0.2, 0.25) is 0 Å². The van der Waals surface area contributed by atoms with Crippen LogP contribution in [0.5, 0.6) is 5.75 Å². The highest BCUT2D eigenvalue weighted by Gasteiger charge is 2.25. The molecule has 0 bridgehead atoms. The van der Waals surface area contributed by atoms with Crippen LogP contribution >= 0.6 is 11.3 Å². The number of carbonyl (C=O) groups is 1. The number of para-hydroxylation sites is 1. The van der Waals surface area contributed by atoms with Gasteiger partial charge >= 0.3 is 0 Å². The average molecular weight is 397 g/mol. The van der Waals surface area contributed by atoms with E-state index in [4.69, 9.17) is 4.74 Å². The number of aromatic nitrogens is 1. The molecule has 1 aliphatic heterocycles. The third kappa shape index (κ3) is 3.71. The van der Waals surface area contributed by atoms with Gasteiger partial charge in [0.25, 0.3) is 5.91 Å². The lowest BCUT2D eigenvalue weighted by atomic mass is 10.2. The van der Waals surface area contributed by atoms with E-state index in [1.54, 1.807) is 29.5 Å². The van der Waals surface area contributed by atoms with Gasteiger partial charge < -0.3 is 14.5 Å². The summed E-state index contributed by atoms with van der Waals surface area (Å²) in [7, 11) is 1.63. The number of nitrogens with zero attached hydrogens (tertiary/aromatic N) is 3. The molecule has 1 saturated heterocycles. The van der Waals surface area contributed by atoms with E-state index in [9.17, 15) is 9.18 Å². The molecule has 144 valence electrons. The molecule has 0 radical (unpaired) electrons. The molecule has 28 heavy (non-hydrogen) atoms. The molecule has 2 aromatic carbocycles. The predicted octanol–water partition coefficient (Wildman–Crippen LogP) is 3.92. The molecule has 0 aliphatic carbocycles. The van der Waals surface area contributed by atoms with Crippen LogP contribution < -0.4 is 9.64 Å². The maximum atomic E-state index is 14.0. The number of piperazine rings is 1. The van der Waals surface area contributed by atoms with Crippen molar-refractivity contribution in [3.8, 4) is 16.3 Å². The number of benzene rings is 2. The zero-order valence-electron chi connectivity index (χ0n) is 15.5. The van der Waals surface area contributed by atoms with Gasteiger partial charge in [0, 0.05) is 37.1 Å². The zero-order valence-corrected chi connectivity index (χ0v) is 16.3. The summed E-state index contributed by atoms with van der Waals surface area (Å²) in [6, 6.07) is 14.4. The lowest BCUT2D eigenvalue weighted by Gasteiger charge is -2.35. The molecule has 1 fully saturated rings. The van der Waals surface area contributed by atoms with Crippen LogP contribution in [0.3, 0.4) is 0 Å². The number of hydrogen-bond donors (Lipinski definition) is 0. The summed E-state index contributed by atoms with van der Waals surface area (Å²) in [6.45, 7) is 2.29. The van der Waals surface area contributed by atoms with E-state index in [1.165, 1.54) is 17.4 Å². The minimum absolute atomic E-state index is 0.0794. The summed E-state index contributed by atoms with van der Waals surface area (Å²) >= 11 is 1.45. The normalized spacial score (nSPS) is 14.2. The van der Waals surface area contributed by atoms with Gasteiger partial charge in [0.1, 0.15) is 22.3 Å². The summed E-state index contributed by atoms with van der Waals surface area (Å²) in [5, 5.41) is 2.60. The first-order valence-electron chi connectivity index (χ1n) is 9.04. The van der Waals surface area contributed by atoms with Gasteiger partial charge in [-0.25, -0.2) is 9.37 Å². The van der Waals surface area contributed by atoms with Gasteiger partial charge in [-0.2, -0.15) is 0 Å². The molecule has 7 heteroatoms. The van der Waals surface area contributed by atoms with Crippen LogP contribution in [0, 0.1) is 5.82 Å². The number of halogens is 1. The van der Waals surface area contributed by atoms with E-state index in [0.29, 0.717) is 37.6 Å². The van der Waals surface area contributed by atoms with E-state index >= 15 is 0 Å². The number of ether oxygens (including phenoxy) is 1. The summed E-state index contributed by atoms with van der Waals surface area (Å²) in [5.41, 5.74) is 1.99. The molecule has 1 aliphatic rings. The van der Waals surface area contributed by atoms with Gasteiger partial charge in [0.15, 0.2) is 0 Å². The Morgan fingerprint density at radius 2 is 1.79 bits per heavy atom. The largest absolute Gasteiger partial charge is 0.497 e. The number of hydrogen-bond acceptors (Lipinski definition) is 5. The van der Waals surface area contributed by atoms with E-state index in [-0.39, 0.29) is 11.7 Å². The topological polar surface area (TPSA) is 45.7 Å². The fourth-order valence-corrected chi connectivity index (χ4v) is 4.06. The quantitative estimate of drug-likeness (QED) is 0.669. The van der Waals surface area contributed by atoms with Crippen molar-refractivity contribution in [1.82, 2.24) is 9.88 Å². The second-order valence-corrected chi connectivity index (χ2v) is 7.36. The Morgan fingerprint density at radius 1 is 1.07 bits per heavy atom. The first-order valence-corrected chi connectivity index (χ1v) is 9.92. The van der Waals surface area contributed by atoms with Crippen molar-refractivity contribution in [3.63, 3.8) is 0 Å². The maximum Gasteiger partial charge on any atom is 0.273 e. The Kier molecular flexibility index (Phi) is 5.25. The number of amides is 1. The molecule has 4 rings (SSSR count). The lowest BCUT2D eigenvalue weighted by molar-refractivity contribution is 0.0741. The Balaban J connectivity index is 1.42. The average Bonchev–Trinajstić information content (AvgIpc) is 3.24. The second-order valence-electron chi connectivity index (χ2n) is 6.50. The molecule has 0 atom stereocenters. The number of anilines is 1. The SMILES string of the molecule is COc1ccc(-c2nc(C(=O)N3CCN(c4ccccc4F)CC3)cs2)cc1. The van der Waals surface area contributed by atoms with Gasteiger partial charge in [-0.15, -0.1) is 11.3 Å². The van der Waals surface area contributed by atoms with E-state index in [0.717, 1.165) is 16.3 Å². The maximum absolute atomic E-state index is 14.0. The highest BCUT2D eigenvalue weighted by molar-refractivity contribution is 7.13. The predicted molar refractivity (Wildman–Crippen MR) is 109 cm³/mol. The number of methoxy groups -OCH3 is 1. The summed E-state index contributed by atoms with van der Waals surface area (Å²) in [4.78, 5) is 21.1. The molecule has 0 unspecified atom stereocenters. The second kappa shape index (κ2) is 7.98. The van der Waals surface area contributed by atoms with Crippen LogP contribution in [0.1, 0.15) is 10.5 Å².